The second-order valence-electron chi connectivity index (χ2n) is 7.29. The molecular formula is C23H25NO4. The Labute approximate surface area is 164 Å². The van der Waals surface area contributed by atoms with Crippen molar-refractivity contribution in [1.82, 2.24) is 4.90 Å². The lowest BCUT2D eigenvalue weighted by Gasteiger charge is -2.22. The minimum atomic E-state index is -0.113. The summed E-state index contributed by atoms with van der Waals surface area (Å²) in [7, 11) is 0. The van der Waals surface area contributed by atoms with Gasteiger partial charge in [0, 0.05) is 5.92 Å². The molecule has 1 saturated carbocycles. The lowest BCUT2D eigenvalue weighted by atomic mass is 10.1. The summed E-state index contributed by atoms with van der Waals surface area (Å²) in [5, 5.41) is 0. The van der Waals surface area contributed by atoms with Crippen LogP contribution in [0.3, 0.4) is 0 Å². The molecule has 3 aromatic rings. The molecule has 2 heterocycles. The molecule has 1 aliphatic carbocycles. The van der Waals surface area contributed by atoms with Gasteiger partial charge in [-0.25, -0.2) is 0 Å². The van der Waals surface area contributed by atoms with E-state index in [1.807, 2.05) is 49.4 Å². The Hall–Kier alpha value is -2.95. The molecule has 28 heavy (non-hydrogen) atoms. The molecule has 1 amide bonds. The van der Waals surface area contributed by atoms with Gasteiger partial charge in [0.1, 0.15) is 23.0 Å². The van der Waals surface area contributed by atoms with Crippen molar-refractivity contribution < 1.29 is 18.4 Å². The van der Waals surface area contributed by atoms with E-state index in [4.69, 9.17) is 13.6 Å². The van der Waals surface area contributed by atoms with Crippen molar-refractivity contribution in [2.75, 3.05) is 6.61 Å². The minimum absolute atomic E-state index is 0.113. The lowest BCUT2D eigenvalue weighted by molar-refractivity contribution is 0.0699. The van der Waals surface area contributed by atoms with Crippen LogP contribution in [0.2, 0.25) is 0 Å². The van der Waals surface area contributed by atoms with Gasteiger partial charge in [-0.1, -0.05) is 19.1 Å². The normalized spacial score (nSPS) is 18.1. The maximum Gasteiger partial charge on any atom is 0.258 e. The van der Waals surface area contributed by atoms with Gasteiger partial charge >= 0.3 is 0 Å². The SMILES string of the molecule is CCOc1ccccc1C(=O)N(Cc1ccco1)Cc1ccc(C2CC2C)o1. The van der Waals surface area contributed by atoms with E-state index in [1.165, 1.54) is 6.42 Å². The summed E-state index contributed by atoms with van der Waals surface area (Å²) in [6.45, 7) is 5.38. The zero-order valence-electron chi connectivity index (χ0n) is 16.3. The Morgan fingerprint density at radius 3 is 2.61 bits per heavy atom. The molecular weight excluding hydrogens is 354 g/mol. The zero-order valence-corrected chi connectivity index (χ0v) is 16.3. The van der Waals surface area contributed by atoms with Gasteiger partial charge in [0.25, 0.3) is 5.91 Å². The molecule has 1 aromatic carbocycles. The number of hydrogen-bond donors (Lipinski definition) is 0. The van der Waals surface area contributed by atoms with E-state index in [2.05, 4.69) is 6.92 Å². The van der Waals surface area contributed by atoms with Crippen LogP contribution in [0.25, 0.3) is 0 Å². The molecule has 5 nitrogen and oxygen atoms in total. The molecule has 1 aliphatic rings. The average molecular weight is 379 g/mol. The summed E-state index contributed by atoms with van der Waals surface area (Å²) in [5.41, 5.74) is 0.540. The molecule has 0 radical (unpaired) electrons. The van der Waals surface area contributed by atoms with E-state index in [1.54, 1.807) is 17.2 Å². The van der Waals surface area contributed by atoms with Crippen molar-refractivity contribution in [2.24, 2.45) is 5.92 Å². The number of carbonyl (C=O) groups excluding carboxylic acids is 1. The third-order valence-corrected chi connectivity index (χ3v) is 5.14. The zero-order chi connectivity index (χ0) is 19.5. The van der Waals surface area contributed by atoms with Crippen LogP contribution in [0.15, 0.2) is 63.6 Å². The number of benzene rings is 1. The largest absolute Gasteiger partial charge is 0.493 e. The minimum Gasteiger partial charge on any atom is -0.493 e. The van der Waals surface area contributed by atoms with E-state index in [0.717, 1.165) is 17.3 Å². The van der Waals surface area contributed by atoms with Crippen molar-refractivity contribution in [1.29, 1.82) is 0 Å². The van der Waals surface area contributed by atoms with Crippen molar-refractivity contribution in [3.63, 3.8) is 0 Å². The predicted octanol–water partition coefficient (Wildman–Crippen LogP) is 5.24. The topological polar surface area (TPSA) is 55.8 Å². The van der Waals surface area contributed by atoms with E-state index in [-0.39, 0.29) is 5.91 Å². The number of ether oxygens (including phenoxy) is 1. The fourth-order valence-electron chi connectivity index (χ4n) is 3.47. The van der Waals surface area contributed by atoms with Crippen molar-refractivity contribution in [2.45, 2.75) is 39.3 Å². The molecule has 0 aliphatic heterocycles. The van der Waals surface area contributed by atoms with Crippen LogP contribution < -0.4 is 4.74 Å². The number of rotatable bonds is 8. The Morgan fingerprint density at radius 2 is 1.89 bits per heavy atom. The highest BCUT2D eigenvalue weighted by molar-refractivity contribution is 5.96. The second kappa shape index (κ2) is 7.97. The summed E-state index contributed by atoms with van der Waals surface area (Å²) in [4.78, 5) is 15.1. The van der Waals surface area contributed by atoms with Crippen LogP contribution >= 0.6 is 0 Å². The number of furan rings is 2. The summed E-state index contributed by atoms with van der Waals surface area (Å²) >= 11 is 0. The van der Waals surface area contributed by atoms with Gasteiger partial charge in [-0.3, -0.25) is 4.79 Å². The summed E-state index contributed by atoms with van der Waals surface area (Å²) in [5.74, 6) is 4.19. The molecule has 0 N–H and O–H groups in total. The molecule has 2 atom stereocenters. The fraction of sp³-hybridized carbons (Fsp3) is 0.348. The van der Waals surface area contributed by atoms with Crippen LogP contribution in [0.4, 0.5) is 0 Å². The number of nitrogens with zero attached hydrogens (tertiary/aromatic N) is 1. The summed E-state index contributed by atoms with van der Waals surface area (Å²) in [6, 6.07) is 15.0. The highest BCUT2D eigenvalue weighted by Crippen LogP contribution is 2.47. The van der Waals surface area contributed by atoms with Gasteiger partial charge in [-0.2, -0.15) is 0 Å². The quantitative estimate of drug-likeness (QED) is 0.537. The second-order valence-corrected chi connectivity index (χ2v) is 7.29. The van der Waals surface area contributed by atoms with E-state index in [0.29, 0.717) is 42.8 Å². The Balaban J connectivity index is 1.58. The highest BCUT2D eigenvalue weighted by Gasteiger charge is 2.36. The van der Waals surface area contributed by atoms with Gasteiger partial charge in [0.15, 0.2) is 0 Å². The Bertz CT molecular complexity index is 928. The Morgan fingerprint density at radius 1 is 1.11 bits per heavy atom. The maximum absolute atomic E-state index is 13.3. The van der Waals surface area contributed by atoms with Crippen molar-refractivity contribution in [3.05, 3.63) is 77.6 Å². The first-order valence-corrected chi connectivity index (χ1v) is 9.77. The van der Waals surface area contributed by atoms with Gasteiger partial charge in [-0.15, -0.1) is 0 Å². The van der Waals surface area contributed by atoms with Gasteiger partial charge < -0.3 is 18.5 Å². The number of para-hydroxylation sites is 1. The summed E-state index contributed by atoms with van der Waals surface area (Å²) < 4.78 is 17.2. The first-order chi connectivity index (χ1) is 13.7. The first kappa shape index (κ1) is 18.4. The van der Waals surface area contributed by atoms with Crippen LogP contribution in [-0.4, -0.2) is 17.4 Å². The van der Waals surface area contributed by atoms with Gasteiger partial charge in [0.2, 0.25) is 0 Å². The predicted molar refractivity (Wildman–Crippen MR) is 105 cm³/mol. The van der Waals surface area contributed by atoms with Crippen LogP contribution in [0.1, 0.15) is 53.8 Å². The monoisotopic (exact) mass is 379 g/mol. The van der Waals surface area contributed by atoms with Crippen LogP contribution in [0, 0.1) is 5.92 Å². The molecule has 0 bridgehead atoms. The van der Waals surface area contributed by atoms with Crippen molar-refractivity contribution >= 4 is 5.91 Å². The number of carbonyl (C=O) groups is 1. The van der Waals surface area contributed by atoms with Crippen LogP contribution in [0.5, 0.6) is 5.75 Å². The molecule has 0 saturated heterocycles. The molecule has 146 valence electrons. The molecule has 0 spiro atoms. The molecule has 2 unspecified atom stereocenters. The summed E-state index contributed by atoms with van der Waals surface area (Å²) in [6.07, 6.45) is 2.79. The first-order valence-electron chi connectivity index (χ1n) is 9.77. The fourth-order valence-corrected chi connectivity index (χ4v) is 3.47. The third kappa shape index (κ3) is 3.98. The third-order valence-electron chi connectivity index (χ3n) is 5.14. The average Bonchev–Trinajstić information content (AvgIpc) is 3.09. The molecule has 5 heteroatoms. The van der Waals surface area contributed by atoms with E-state index < -0.39 is 0 Å². The van der Waals surface area contributed by atoms with E-state index in [9.17, 15) is 4.79 Å². The smallest absolute Gasteiger partial charge is 0.258 e. The van der Waals surface area contributed by atoms with Gasteiger partial charge in [0.05, 0.1) is 31.5 Å². The number of amides is 1. The Kier molecular flexibility index (Phi) is 5.24. The standard InChI is InChI=1S/C23H25NO4/c1-3-26-21-9-5-4-8-19(21)23(25)24(14-17-7-6-12-27-17)15-18-10-11-22(28-18)20-13-16(20)2/h4-12,16,20H,3,13-15H2,1-2H3. The molecule has 4 rings (SSSR count). The maximum atomic E-state index is 13.3. The van der Waals surface area contributed by atoms with E-state index >= 15 is 0 Å². The van der Waals surface area contributed by atoms with Crippen LogP contribution in [-0.2, 0) is 13.1 Å². The highest BCUT2D eigenvalue weighted by atomic mass is 16.5. The lowest BCUT2D eigenvalue weighted by Crippen LogP contribution is -2.30. The van der Waals surface area contributed by atoms with Gasteiger partial charge in [-0.05, 0) is 55.7 Å². The molecule has 2 aromatic heterocycles. The molecule has 1 fully saturated rings. The number of hydrogen-bond acceptors (Lipinski definition) is 4. The van der Waals surface area contributed by atoms with Crippen molar-refractivity contribution in [3.8, 4) is 5.75 Å².